The number of rotatable bonds is 8. The lowest BCUT2D eigenvalue weighted by Crippen LogP contribution is -2.24. The van der Waals surface area contributed by atoms with Gasteiger partial charge in [-0.15, -0.1) is 0 Å². The lowest BCUT2D eigenvalue weighted by Gasteiger charge is -2.12. The van der Waals surface area contributed by atoms with Gasteiger partial charge in [-0.3, -0.25) is 4.79 Å². The van der Waals surface area contributed by atoms with Gasteiger partial charge in [-0.25, -0.2) is 9.97 Å². The standard InChI is InChI=1S/C15H17F2N5O3S/c1-24-10-4-8(2-3-9(10)25-14(16)17)6-20-13(23)7-26-15-21-11(18)5-12(19)22-15/h2-5,14H,6-7H2,1H3,(H,20,23)(H4,18,19,21,22). The van der Waals surface area contributed by atoms with Crippen molar-refractivity contribution in [3.63, 3.8) is 0 Å². The third-order valence-corrected chi connectivity index (χ3v) is 3.86. The fraction of sp³-hybridized carbons (Fsp3) is 0.267. The predicted molar refractivity (Wildman–Crippen MR) is 93.1 cm³/mol. The number of benzene rings is 1. The van der Waals surface area contributed by atoms with Gasteiger partial charge in [0.2, 0.25) is 5.91 Å². The molecule has 8 nitrogen and oxygen atoms in total. The Morgan fingerprint density at radius 1 is 1.23 bits per heavy atom. The van der Waals surface area contributed by atoms with Crippen LogP contribution in [0.2, 0.25) is 0 Å². The monoisotopic (exact) mass is 385 g/mol. The number of ether oxygens (including phenoxy) is 2. The Morgan fingerprint density at radius 2 is 1.92 bits per heavy atom. The number of thioether (sulfide) groups is 1. The lowest BCUT2D eigenvalue weighted by molar-refractivity contribution is -0.118. The predicted octanol–water partition coefficient (Wildman–Crippen LogP) is 1.66. The molecule has 1 heterocycles. The van der Waals surface area contributed by atoms with Crippen LogP contribution in [0.25, 0.3) is 0 Å². The van der Waals surface area contributed by atoms with Crippen molar-refractivity contribution in [3.8, 4) is 11.5 Å². The average Bonchev–Trinajstić information content (AvgIpc) is 2.57. The van der Waals surface area contributed by atoms with Gasteiger partial charge in [-0.05, 0) is 17.7 Å². The van der Waals surface area contributed by atoms with Crippen LogP contribution in [0.4, 0.5) is 20.4 Å². The van der Waals surface area contributed by atoms with Crippen molar-refractivity contribution < 1.29 is 23.0 Å². The third kappa shape index (κ3) is 5.92. The zero-order chi connectivity index (χ0) is 19.1. The maximum Gasteiger partial charge on any atom is 0.387 e. The molecule has 0 radical (unpaired) electrons. The smallest absolute Gasteiger partial charge is 0.387 e. The molecular formula is C15H17F2N5O3S. The summed E-state index contributed by atoms with van der Waals surface area (Å²) in [6.07, 6.45) is 0. The van der Waals surface area contributed by atoms with Crippen molar-refractivity contribution in [2.45, 2.75) is 18.3 Å². The summed E-state index contributed by atoms with van der Waals surface area (Å²) in [7, 11) is 1.34. The topological polar surface area (TPSA) is 125 Å². The summed E-state index contributed by atoms with van der Waals surface area (Å²) in [4.78, 5) is 19.8. The van der Waals surface area contributed by atoms with Gasteiger partial charge in [-0.2, -0.15) is 8.78 Å². The average molecular weight is 385 g/mol. The van der Waals surface area contributed by atoms with E-state index in [1.807, 2.05) is 0 Å². The Labute approximate surface area is 152 Å². The molecule has 0 aliphatic heterocycles. The van der Waals surface area contributed by atoms with Crippen LogP contribution in [0.15, 0.2) is 29.4 Å². The largest absolute Gasteiger partial charge is 0.493 e. The maximum absolute atomic E-state index is 12.3. The molecule has 0 spiro atoms. The number of nitrogens with zero attached hydrogens (tertiary/aromatic N) is 2. The molecule has 140 valence electrons. The fourth-order valence-electron chi connectivity index (χ4n) is 1.92. The number of aromatic nitrogens is 2. The van der Waals surface area contributed by atoms with Gasteiger partial charge in [0.05, 0.1) is 12.9 Å². The number of anilines is 2. The lowest BCUT2D eigenvalue weighted by atomic mass is 10.2. The Balaban J connectivity index is 1.88. The zero-order valence-electron chi connectivity index (χ0n) is 13.7. The molecule has 0 fully saturated rings. The van der Waals surface area contributed by atoms with E-state index in [-0.39, 0.29) is 41.3 Å². The van der Waals surface area contributed by atoms with Crippen molar-refractivity contribution in [2.75, 3.05) is 24.3 Å². The van der Waals surface area contributed by atoms with E-state index in [4.69, 9.17) is 16.2 Å². The number of hydrogen-bond acceptors (Lipinski definition) is 8. The second kappa shape index (κ2) is 9.04. The molecule has 26 heavy (non-hydrogen) atoms. The quantitative estimate of drug-likeness (QED) is 0.463. The SMILES string of the molecule is COc1cc(CNC(=O)CSc2nc(N)cc(N)n2)ccc1OC(F)F. The Kier molecular flexibility index (Phi) is 6.78. The van der Waals surface area contributed by atoms with Gasteiger partial charge in [0.1, 0.15) is 11.6 Å². The van der Waals surface area contributed by atoms with Gasteiger partial charge in [-0.1, -0.05) is 17.8 Å². The first kappa shape index (κ1) is 19.5. The summed E-state index contributed by atoms with van der Waals surface area (Å²) >= 11 is 1.09. The number of carbonyl (C=O) groups is 1. The molecular weight excluding hydrogens is 368 g/mol. The number of halogens is 2. The molecule has 1 amide bonds. The third-order valence-electron chi connectivity index (χ3n) is 3.01. The number of nitrogens with one attached hydrogen (secondary N) is 1. The Hall–Kier alpha value is -2.82. The van der Waals surface area contributed by atoms with Crippen molar-refractivity contribution in [1.29, 1.82) is 0 Å². The van der Waals surface area contributed by atoms with Crippen LogP contribution in [0.1, 0.15) is 5.56 Å². The van der Waals surface area contributed by atoms with Gasteiger partial charge in [0, 0.05) is 12.6 Å². The summed E-state index contributed by atoms with van der Waals surface area (Å²) in [6, 6.07) is 5.83. The van der Waals surface area contributed by atoms with Gasteiger partial charge in [0.25, 0.3) is 0 Å². The summed E-state index contributed by atoms with van der Waals surface area (Å²) in [6.45, 7) is -2.76. The highest BCUT2D eigenvalue weighted by Gasteiger charge is 2.12. The highest BCUT2D eigenvalue weighted by Crippen LogP contribution is 2.29. The molecule has 1 aromatic heterocycles. The maximum atomic E-state index is 12.3. The summed E-state index contributed by atoms with van der Waals surface area (Å²) in [5.74, 6) is 0.301. The van der Waals surface area contributed by atoms with E-state index in [9.17, 15) is 13.6 Å². The van der Waals surface area contributed by atoms with Crippen LogP contribution < -0.4 is 26.3 Å². The molecule has 0 saturated carbocycles. The first-order chi connectivity index (χ1) is 12.4. The molecule has 5 N–H and O–H groups in total. The molecule has 1 aromatic carbocycles. The number of hydrogen-bond donors (Lipinski definition) is 3. The van der Waals surface area contributed by atoms with E-state index < -0.39 is 6.61 Å². The zero-order valence-corrected chi connectivity index (χ0v) is 14.6. The minimum Gasteiger partial charge on any atom is -0.493 e. The number of carbonyl (C=O) groups excluding carboxylic acids is 1. The van der Waals surface area contributed by atoms with Gasteiger partial charge >= 0.3 is 6.61 Å². The molecule has 0 unspecified atom stereocenters. The van der Waals surface area contributed by atoms with Crippen molar-refractivity contribution in [1.82, 2.24) is 15.3 Å². The second-order valence-electron chi connectivity index (χ2n) is 4.93. The van der Waals surface area contributed by atoms with Crippen molar-refractivity contribution in [3.05, 3.63) is 29.8 Å². The number of amides is 1. The van der Waals surface area contributed by atoms with Crippen LogP contribution >= 0.6 is 11.8 Å². The normalized spacial score (nSPS) is 10.6. The summed E-state index contributed by atoms with van der Waals surface area (Å²) in [5.41, 5.74) is 11.8. The summed E-state index contributed by atoms with van der Waals surface area (Å²) < 4.78 is 34.0. The van der Waals surface area contributed by atoms with Crippen LogP contribution in [-0.4, -0.2) is 35.3 Å². The number of alkyl halides is 2. The number of nitrogens with two attached hydrogens (primary N) is 2. The van der Waals surface area contributed by atoms with E-state index in [0.717, 1.165) is 11.8 Å². The molecule has 2 aromatic rings. The van der Waals surface area contributed by atoms with Crippen molar-refractivity contribution in [2.24, 2.45) is 0 Å². The number of nitrogen functional groups attached to an aromatic ring is 2. The first-order valence-corrected chi connectivity index (χ1v) is 8.27. The highest BCUT2D eigenvalue weighted by molar-refractivity contribution is 7.99. The molecule has 11 heteroatoms. The van der Waals surface area contributed by atoms with E-state index in [0.29, 0.717) is 10.7 Å². The molecule has 0 aliphatic carbocycles. The first-order valence-electron chi connectivity index (χ1n) is 7.28. The van der Waals surface area contributed by atoms with E-state index in [1.165, 1.54) is 25.3 Å². The highest BCUT2D eigenvalue weighted by atomic mass is 32.2. The number of methoxy groups -OCH3 is 1. The van der Waals surface area contributed by atoms with E-state index >= 15 is 0 Å². The van der Waals surface area contributed by atoms with E-state index in [2.05, 4.69) is 20.0 Å². The van der Waals surface area contributed by atoms with E-state index in [1.54, 1.807) is 6.07 Å². The van der Waals surface area contributed by atoms with Crippen molar-refractivity contribution >= 4 is 29.3 Å². The second-order valence-corrected chi connectivity index (χ2v) is 5.87. The molecule has 0 saturated heterocycles. The van der Waals surface area contributed by atoms with Crippen LogP contribution in [0.3, 0.4) is 0 Å². The van der Waals surface area contributed by atoms with Gasteiger partial charge < -0.3 is 26.3 Å². The molecule has 0 bridgehead atoms. The molecule has 0 aliphatic rings. The van der Waals surface area contributed by atoms with Gasteiger partial charge in [0.15, 0.2) is 16.7 Å². The Morgan fingerprint density at radius 3 is 2.54 bits per heavy atom. The van der Waals surface area contributed by atoms with Crippen LogP contribution in [0, 0.1) is 0 Å². The minimum atomic E-state index is -2.95. The molecule has 0 atom stereocenters. The van der Waals surface area contributed by atoms with Crippen LogP contribution in [0.5, 0.6) is 11.5 Å². The Bertz CT molecular complexity index is 759. The minimum absolute atomic E-state index is 0.0621. The summed E-state index contributed by atoms with van der Waals surface area (Å²) in [5, 5.41) is 2.99. The molecule has 2 rings (SSSR count). The van der Waals surface area contributed by atoms with Crippen LogP contribution in [-0.2, 0) is 11.3 Å². The fourth-order valence-corrected chi connectivity index (χ4v) is 2.63.